The Bertz CT molecular complexity index is 945. The highest BCUT2D eigenvalue weighted by atomic mass is 16.7. The monoisotopic (exact) mass is 742 g/mol. The van der Waals surface area contributed by atoms with E-state index in [-0.39, 0.29) is 12.8 Å². The number of hydrogen-bond donors (Lipinski definition) is 8. The average Bonchev–Trinajstić information content (AvgIpc) is 3.14. The summed E-state index contributed by atoms with van der Waals surface area (Å²) < 4.78 is 11.0. The number of amides is 1. The lowest BCUT2D eigenvalue weighted by molar-refractivity contribution is -0.303. The van der Waals surface area contributed by atoms with E-state index in [1.807, 2.05) is 0 Å². The summed E-state index contributed by atoms with van der Waals surface area (Å²) in [6.07, 6.45) is 22.1. The van der Waals surface area contributed by atoms with Gasteiger partial charge in [0, 0.05) is 0 Å². The lowest BCUT2D eigenvalue weighted by atomic mass is 9.98. The molecule has 0 spiro atoms. The van der Waals surface area contributed by atoms with Crippen molar-refractivity contribution in [3.63, 3.8) is 0 Å². The molecule has 9 atom stereocenters. The van der Waals surface area contributed by atoms with Gasteiger partial charge in [0.2, 0.25) is 5.91 Å². The molecule has 1 heterocycles. The quantitative estimate of drug-likeness (QED) is 0.0333. The predicted molar refractivity (Wildman–Crippen MR) is 205 cm³/mol. The van der Waals surface area contributed by atoms with Gasteiger partial charge in [0.05, 0.1) is 25.4 Å². The van der Waals surface area contributed by atoms with Crippen LogP contribution >= 0.6 is 0 Å². The summed E-state index contributed by atoms with van der Waals surface area (Å²) in [5.41, 5.74) is 0. The summed E-state index contributed by atoms with van der Waals surface area (Å²) in [6, 6.07) is -1.19. The van der Waals surface area contributed by atoms with Crippen LogP contribution in [0, 0.1) is 0 Å². The second kappa shape index (κ2) is 31.7. The van der Waals surface area contributed by atoms with Crippen LogP contribution in [-0.4, -0.2) is 110 Å². The van der Waals surface area contributed by atoms with E-state index in [0.717, 1.165) is 44.9 Å². The fourth-order valence-electron chi connectivity index (χ4n) is 6.18. The first-order valence-corrected chi connectivity index (χ1v) is 20.4. The molecular weight excluding hydrogens is 666 g/mol. The Morgan fingerprint density at radius 2 is 1.15 bits per heavy atom. The summed E-state index contributed by atoms with van der Waals surface area (Å²) in [6.45, 7) is 3.32. The van der Waals surface area contributed by atoms with Crippen molar-refractivity contribution in [1.29, 1.82) is 0 Å². The van der Waals surface area contributed by atoms with Gasteiger partial charge in [0.25, 0.3) is 0 Å². The maximum Gasteiger partial charge on any atom is 0.249 e. The molecule has 1 aliphatic heterocycles. The van der Waals surface area contributed by atoms with Crippen LogP contribution in [0.2, 0.25) is 0 Å². The molecule has 8 N–H and O–H groups in total. The van der Waals surface area contributed by atoms with E-state index in [4.69, 9.17) is 9.47 Å². The number of rotatable bonds is 32. The summed E-state index contributed by atoms with van der Waals surface area (Å²) in [4.78, 5) is 13.0. The molecule has 0 saturated carbocycles. The Morgan fingerprint density at radius 3 is 1.71 bits per heavy atom. The summed E-state index contributed by atoms with van der Waals surface area (Å²) in [5, 5.41) is 75.2. The minimum atomic E-state index is -1.67. The molecule has 1 rings (SSSR count). The van der Waals surface area contributed by atoms with Crippen LogP contribution in [0.15, 0.2) is 36.5 Å². The van der Waals surface area contributed by atoms with Crippen LogP contribution in [-0.2, 0) is 14.3 Å². The first kappa shape index (κ1) is 48.3. The smallest absolute Gasteiger partial charge is 0.249 e. The number of aliphatic hydroxyl groups is 7. The molecule has 9 unspecified atom stereocenters. The van der Waals surface area contributed by atoms with E-state index >= 15 is 0 Å². The Kier molecular flexibility index (Phi) is 29.4. The summed E-state index contributed by atoms with van der Waals surface area (Å²) >= 11 is 0. The molecule has 0 aliphatic carbocycles. The fraction of sp³-hybridized carbons (Fsp3) is 0.829. The number of ether oxygens (including phenoxy) is 2. The van der Waals surface area contributed by atoms with Crippen LogP contribution in [0.25, 0.3) is 0 Å². The average molecular weight is 742 g/mol. The Balaban J connectivity index is 2.58. The molecule has 52 heavy (non-hydrogen) atoms. The number of allylic oxidation sites excluding steroid dienone is 6. The molecule has 0 aromatic carbocycles. The largest absolute Gasteiger partial charge is 0.394 e. The number of nitrogens with one attached hydrogen (secondary N) is 1. The predicted octanol–water partition coefficient (Wildman–Crippen LogP) is 5.27. The second-order valence-electron chi connectivity index (χ2n) is 14.3. The minimum absolute atomic E-state index is 0.241. The minimum Gasteiger partial charge on any atom is -0.394 e. The molecule has 304 valence electrons. The zero-order valence-corrected chi connectivity index (χ0v) is 32.3. The fourth-order valence-corrected chi connectivity index (χ4v) is 6.18. The zero-order chi connectivity index (χ0) is 38.4. The van der Waals surface area contributed by atoms with Crippen LogP contribution in [0.1, 0.15) is 149 Å². The third-order valence-corrected chi connectivity index (χ3v) is 9.65. The van der Waals surface area contributed by atoms with Gasteiger partial charge in [-0.15, -0.1) is 0 Å². The molecule has 11 nitrogen and oxygen atoms in total. The lowest BCUT2D eigenvalue weighted by Gasteiger charge is -2.40. The summed E-state index contributed by atoms with van der Waals surface area (Å²) in [5.74, 6) is -0.718. The number of aliphatic hydroxyl groups excluding tert-OH is 7. The topological polar surface area (TPSA) is 189 Å². The van der Waals surface area contributed by atoms with Crippen molar-refractivity contribution < 1.29 is 50.0 Å². The first-order chi connectivity index (χ1) is 25.2. The van der Waals surface area contributed by atoms with Gasteiger partial charge in [-0.1, -0.05) is 121 Å². The highest BCUT2D eigenvalue weighted by molar-refractivity contribution is 5.80. The normalized spacial score (nSPS) is 23.4. The molecule has 0 bridgehead atoms. The Morgan fingerprint density at radius 1 is 0.654 bits per heavy atom. The van der Waals surface area contributed by atoms with Crippen molar-refractivity contribution in [3.05, 3.63) is 36.5 Å². The molecule has 1 amide bonds. The van der Waals surface area contributed by atoms with Crippen molar-refractivity contribution in [2.24, 2.45) is 0 Å². The van der Waals surface area contributed by atoms with Crippen LogP contribution in [0.5, 0.6) is 0 Å². The maximum atomic E-state index is 13.0. The van der Waals surface area contributed by atoms with Gasteiger partial charge in [-0.05, 0) is 64.2 Å². The lowest BCUT2D eigenvalue weighted by Crippen LogP contribution is -2.60. The van der Waals surface area contributed by atoms with Gasteiger partial charge in [0.15, 0.2) is 6.29 Å². The number of unbranched alkanes of at least 4 members (excludes halogenated alkanes) is 14. The van der Waals surface area contributed by atoms with E-state index in [0.29, 0.717) is 19.3 Å². The van der Waals surface area contributed by atoms with E-state index in [1.54, 1.807) is 0 Å². The molecule has 0 aromatic heterocycles. The van der Waals surface area contributed by atoms with E-state index < -0.39 is 74.2 Å². The Labute approximate surface area is 314 Å². The molecule has 1 saturated heterocycles. The highest BCUT2D eigenvalue weighted by Crippen LogP contribution is 2.23. The standard InChI is InChI=1S/C41H75NO10/c1-3-5-7-9-11-13-14-15-16-17-18-19-21-22-24-26-28-33(44)36(46)32(31-51-41-39(49)38(48)37(47)35(30-43)52-41)42-40(50)34(45)29-27-25-23-20-12-10-8-6-4-2/h11,13,16-17,21-22,32-39,41,43-49H,3-10,12,14-15,18-20,23-31H2,1-2H3,(H,42,50)/b13-11+,17-16+,22-21+. The summed E-state index contributed by atoms with van der Waals surface area (Å²) in [7, 11) is 0. The maximum absolute atomic E-state index is 13.0. The highest BCUT2D eigenvalue weighted by Gasteiger charge is 2.44. The molecule has 11 heteroatoms. The van der Waals surface area contributed by atoms with Gasteiger partial charge in [-0.2, -0.15) is 0 Å². The van der Waals surface area contributed by atoms with Crippen molar-refractivity contribution in [1.82, 2.24) is 5.32 Å². The van der Waals surface area contributed by atoms with Gasteiger partial charge in [-0.3, -0.25) is 4.79 Å². The van der Waals surface area contributed by atoms with Crippen LogP contribution in [0.4, 0.5) is 0 Å². The van der Waals surface area contributed by atoms with Crippen molar-refractivity contribution in [2.75, 3.05) is 13.2 Å². The second-order valence-corrected chi connectivity index (χ2v) is 14.3. The number of carbonyl (C=O) groups excluding carboxylic acids is 1. The Hall–Kier alpha value is -1.67. The number of carbonyl (C=O) groups is 1. The molecule has 1 aliphatic rings. The molecule has 0 aromatic rings. The van der Waals surface area contributed by atoms with E-state index in [9.17, 15) is 40.5 Å². The van der Waals surface area contributed by atoms with Crippen LogP contribution in [0.3, 0.4) is 0 Å². The van der Waals surface area contributed by atoms with Crippen molar-refractivity contribution in [3.8, 4) is 0 Å². The number of hydrogen-bond acceptors (Lipinski definition) is 10. The van der Waals surface area contributed by atoms with E-state index in [2.05, 4.69) is 55.6 Å². The van der Waals surface area contributed by atoms with Gasteiger partial charge in [-0.25, -0.2) is 0 Å². The first-order valence-electron chi connectivity index (χ1n) is 20.4. The third-order valence-electron chi connectivity index (χ3n) is 9.65. The third kappa shape index (κ3) is 21.9. The van der Waals surface area contributed by atoms with Crippen LogP contribution < -0.4 is 5.32 Å². The van der Waals surface area contributed by atoms with Crippen molar-refractivity contribution in [2.45, 2.75) is 204 Å². The van der Waals surface area contributed by atoms with E-state index in [1.165, 1.54) is 57.8 Å². The molecule has 1 fully saturated rings. The molecular formula is C41H75NO10. The SMILES string of the molecule is CCCCC/C=C/CC/C=C/CC/C=C/CCCC(O)C(O)C(COC1OC(CO)C(O)C(O)C1O)NC(=O)C(O)CCCCCCCCCCC. The van der Waals surface area contributed by atoms with Crippen molar-refractivity contribution >= 4 is 5.91 Å². The van der Waals surface area contributed by atoms with Gasteiger partial charge >= 0.3 is 0 Å². The van der Waals surface area contributed by atoms with Gasteiger partial charge in [0.1, 0.15) is 36.6 Å². The van der Waals surface area contributed by atoms with Gasteiger partial charge < -0.3 is 50.5 Å². The molecule has 0 radical (unpaired) electrons. The zero-order valence-electron chi connectivity index (χ0n) is 32.3.